The van der Waals surface area contributed by atoms with Crippen molar-refractivity contribution >= 4 is 24.3 Å². The SMILES string of the molecule is Cl.O=C(Nc1nn[nH]n1)[C@H]1CCCN1. The van der Waals surface area contributed by atoms with Gasteiger partial charge in [-0.3, -0.25) is 10.1 Å². The Morgan fingerprint density at radius 1 is 1.57 bits per heavy atom. The maximum Gasteiger partial charge on any atom is 0.269 e. The molecule has 1 atom stereocenters. The highest BCUT2D eigenvalue weighted by Crippen LogP contribution is 2.06. The number of hydrogen-bond donors (Lipinski definition) is 3. The molecule has 1 aliphatic rings. The van der Waals surface area contributed by atoms with E-state index in [1.54, 1.807) is 0 Å². The molecule has 78 valence electrons. The number of halogens is 1. The third-order valence-electron chi connectivity index (χ3n) is 1.96. The van der Waals surface area contributed by atoms with Crippen molar-refractivity contribution in [3.63, 3.8) is 0 Å². The lowest BCUT2D eigenvalue weighted by Gasteiger charge is -2.07. The minimum absolute atomic E-state index is 0. The van der Waals surface area contributed by atoms with E-state index in [-0.39, 0.29) is 30.3 Å². The second-order valence-electron chi connectivity index (χ2n) is 2.87. The summed E-state index contributed by atoms with van der Waals surface area (Å²) in [6.45, 7) is 0.893. The number of rotatable bonds is 2. The van der Waals surface area contributed by atoms with Gasteiger partial charge in [0.25, 0.3) is 5.95 Å². The molecule has 1 saturated heterocycles. The summed E-state index contributed by atoms with van der Waals surface area (Å²) in [7, 11) is 0. The summed E-state index contributed by atoms with van der Waals surface area (Å²) in [6.07, 6.45) is 1.90. The first-order valence-electron chi connectivity index (χ1n) is 4.14. The van der Waals surface area contributed by atoms with E-state index in [9.17, 15) is 4.79 Å². The molecule has 2 rings (SSSR count). The first-order chi connectivity index (χ1) is 6.36. The van der Waals surface area contributed by atoms with E-state index < -0.39 is 0 Å². The van der Waals surface area contributed by atoms with Crippen molar-refractivity contribution in [1.82, 2.24) is 25.9 Å². The van der Waals surface area contributed by atoms with Gasteiger partial charge in [-0.15, -0.1) is 17.5 Å². The van der Waals surface area contributed by atoms with Crippen molar-refractivity contribution in [2.75, 3.05) is 11.9 Å². The zero-order valence-corrected chi connectivity index (χ0v) is 8.17. The molecule has 7 nitrogen and oxygen atoms in total. The Bertz CT molecular complexity index is 283. The van der Waals surface area contributed by atoms with Crippen molar-refractivity contribution in [3.05, 3.63) is 0 Å². The van der Waals surface area contributed by atoms with Crippen molar-refractivity contribution in [1.29, 1.82) is 0 Å². The largest absolute Gasteiger partial charge is 0.306 e. The molecule has 1 fully saturated rings. The first-order valence-corrected chi connectivity index (χ1v) is 4.14. The van der Waals surface area contributed by atoms with Gasteiger partial charge in [0.1, 0.15) is 0 Å². The molecule has 3 N–H and O–H groups in total. The Hall–Kier alpha value is -1.21. The molecule has 0 bridgehead atoms. The van der Waals surface area contributed by atoms with E-state index in [1.165, 1.54) is 0 Å². The fourth-order valence-corrected chi connectivity index (χ4v) is 1.32. The molecule has 0 spiro atoms. The second-order valence-corrected chi connectivity index (χ2v) is 2.87. The average Bonchev–Trinajstić information content (AvgIpc) is 2.74. The van der Waals surface area contributed by atoms with Crippen LogP contribution in [0.25, 0.3) is 0 Å². The number of carbonyl (C=O) groups excluding carboxylic acids is 1. The standard InChI is InChI=1S/C6H10N6O.ClH/c13-5(4-2-1-3-7-4)8-6-9-11-12-10-6;/h4,7H,1-3H2,(H2,8,9,10,11,12,13);1H/t4-;/m1./s1. The van der Waals surface area contributed by atoms with Crippen molar-refractivity contribution in [2.45, 2.75) is 18.9 Å². The smallest absolute Gasteiger partial charge is 0.269 e. The highest BCUT2D eigenvalue weighted by molar-refractivity contribution is 5.93. The van der Waals surface area contributed by atoms with Crippen LogP contribution in [0.4, 0.5) is 5.95 Å². The molecule has 0 radical (unpaired) electrons. The third kappa shape index (κ3) is 2.39. The summed E-state index contributed by atoms with van der Waals surface area (Å²) < 4.78 is 0. The summed E-state index contributed by atoms with van der Waals surface area (Å²) in [5.74, 6) is 0.123. The Morgan fingerprint density at radius 3 is 3.00 bits per heavy atom. The quantitative estimate of drug-likeness (QED) is 0.611. The van der Waals surface area contributed by atoms with Crippen molar-refractivity contribution < 1.29 is 4.79 Å². The molecule has 1 aromatic heterocycles. The monoisotopic (exact) mass is 218 g/mol. The van der Waals surface area contributed by atoms with Gasteiger partial charge in [0.2, 0.25) is 5.91 Å². The van der Waals surface area contributed by atoms with Gasteiger partial charge in [-0.05, 0) is 24.6 Å². The van der Waals surface area contributed by atoms with Crippen LogP contribution in [0.3, 0.4) is 0 Å². The van der Waals surface area contributed by atoms with E-state index in [4.69, 9.17) is 0 Å². The summed E-state index contributed by atoms with van der Waals surface area (Å²) in [4.78, 5) is 11.4. The predicted octanol–water partition coefficient (Wildman–Crippen LogP) is -0.688. The number of amides is 1. The van der Waals surface area contributed by atoms with E-state index >= 15 is 0 Å². The third-order valence-corrected chi connectivity index (χ3v) is 1.96. The van der Waals surface area contributed by atoms with Gasteiger partial charge in [-0.25, -0.2) is 0 Å². The van der Waals surface area contributed by atoms with Crippen LogP contribution in [0.1, 0.15) is 12.8 Å². The maximum absolute atomic E-state index is 11.4. The molecule has 1 aromatic rings. The minimum atomic E-state index is -0.113. The first kappa shape index (κ1) is 10.9. The lowest BCUT2D eigenvalue weighted by molar-refractivity contribution is -0.117. The number of anilines is 1. The lowest BCUT2D eigenvalue weighted by atomic mass is 10.2. The number of nitrogens with one attached hydrogen (secondary N) is 3. The molecular formula is C6H11ClN6O. The van der Waals surface area contributed by atoms with Crippen LogP contribution in [-0.4, -0.2) is 39.1 Å². The lowest BCUT2D eigenvalue weighted by Crippen LogP contribution is -2.35. The Labute approximate surface area is 86.4 Å². The Kier molecular flexibility index (Phi) is 3.78. The van der Waals surface area contributed by atoms with Gasteiger partial charge >= 0.3 is 0 Å². The van der Waals surface area contributed by atoms with Gasteiger partial charge in [-0.2, -0.15) is 5.21 Å². The molecule has 1 amide bonds. The van der Waals surface area contributed by atoms with Crippen LogP contribution in [0.2, 0.25) is 0 Å². The molecule has 8 heteroatoms. The summed E-state index contributed by atoms with van der Waals surface area (Å²) >= 11 is 0. The molecule has 2 heterocycles. The number of aromatic amines is 1. The number of H-pyrrole nitrogens is 1. The topological polar surface area (TPSA) is 95.6 Å². The molecule has 1 aliphatic heterocycles. The van der Waals surface area contributed by atoms with Gasteiger partial charge in [-0.1, -0.05) is 5.10 Å². The van der Waals surface area contributed by atoms with Crippen LogP contribution in [0.5, 0.6) is 0 Å². The summed E-state index contributed by atoms with van der Waals surface area (Å²) in [5, 5.41) is 18.4. The zero-order chi connectivity index (χ0) is 9.10. The normalized spacial score (nSPS) is 20.1. The van der Waals surface area contributed by atoms with Crippen molar-refractivity contribution in [2.24, 2.45) is 0 Å². The molecule has 0 aromatic carbocycles. The number of tetrazole rings is 1. The van der Waals surface area contributed by atoms with E-state index in [0.717, 1.165) is 19.4 Å². The fourth-order valence-electron chi connectivity index (χ4n) is 1.32. The second kappa shape index (κ2) is 4.87. The highest BCUT2D eigenvalue weighted by Gasteiger charge is 2.22. The maximum atomic E-state index is 11.4. The average molecular weight is 219 g/mol. The fraction of sp³-hybridized carbons (Fsp3) is 0.667. The number of hydrogen-bond acceptors (Lipinski definition) is 5. The Morgan fingerprint density at radius 2 is 2.43 bits per heavy atom. The van der Waals surface area contributed by atoms with Crippen LogP contribution >= 0.6 is 12.4 Å². The van der Waals surface area contributed by atoms with E-state index in [2.05, 4.69) is 31.3 Å². The van der Waals surface area contributed by atoms with Gasteiger partial charge in [0.15, 0.2) is 0 Å². The molecule has 0 unspecified atom stereocenters. The van der Waals surface area contributed by atoms with Crippen molar-refractivity contribution in [3.8, 4) is 0 Å². The molecular weight excluding hydrogens is 208 g/mol. The summed E-state index contributed by atoms with van der Waals surface area (Å²) in [5.41, 5.74) is 0. The highest BCUT2D eigenvalue weighted by atomic mass is 35.5. The van der Waals surface area contributed by atoms with Gasteiger partial charge in [0, 0.05) is 0 Å². The van der Waals surface area contributed by atoms with E-state index in [0.29, 0.717) is 0 Å². The number of aromatic nitrogens is 4. The van der Waals surface area contributed by atoms with E-state index in [1.807, 2.05) is 0 Å². The van der Waals surface area contributed by atoms with Gasteiger partial charge in [0.05, 0.1) is 6.04 Å². The Balaban J connectivity index is 0.000000980. The zero-order valence-electron chi connectivity index (χ0n) is 7.36. The molecule has 0 aliphatic carbocycles. The van der Waals surface area contributed by atoms with Gasteiger partial charge < -0.3 is 5.32 Å². The predicted molar refractivity (Wildman–Crippen MR) is 51.1 cm³/mol. The minimum Gasteiger partial charge on any atom is -0.306 e. The van der Waals surface area contributed by atoms with Crippen LogP contribution < -0.4 is 10.6 Å². The summed E-state index contributed by atoms with van der Waals surface area (Å²) in [6, 6.07) is -0.113. The van der Waals surface area contributed by atoms with Crippen LogP contribution in [-0.2, 0) is 4.79 Å². The number of nitrogens with zero attached hydrogens (tertiary/aromatic N) is 3. The number of carbonyl (C=O) groups is 1. The molecule has 0 saturated carbocycles. The molecule has 14 heavy (non-hydrogen) atoms. The van der Waals surface area contributed by atoms with Crippen LogP contribution in [0, 0.1) is 0 Å². The van der Waals surface area contributed by atoms with Crippen LogP contribution in [0.15, 0.2) is 0 Å².